The molecule has 0 saturated carbocycles. The third-order valence-electron chi connectivity index (χ3n) is 12.9. The molecule has 10 rings (SSSR count). The van der Waals surface area contributed by atoms with Crippen LogP contribution in [-0.4, -0.2) is 68.0 Å². The second-order valence-corrected chi connectivity index (χ2v) is 22.7. The molecule has 6 N–H and O–H groups in total. The Kier molecular flexibility index (Phi) is 17.8. The number of nitrogens with one attached hydrogen (secondary N) is 6. The molecule has 0 spiro atoms. The lowest BCUT2D eigenvalue weighted by atomic mass is 9.83. The quantitative estimate of drug-likeness (QED) is 0.0464. The molecule has 6 aliphatic rings. The molecule has 0 bridgehead atoms. The Morgan fingerprint density at radius 1 is 0.622 bits per heavy atom. The van der Waals surface area contributed by atoms with Crippen molar-refractivity contribution < 1.29 is 0 Å². The van der Waals surface area contributed by atoms with Gasteiger partial charge in [-0.15, -0.1) is 0 Å². The molecule has 2 fully saturated rings. The van der Waals surface area contributed by atoms with Crippen LogP contribution in [0.25, 0.3) is 0 Å². The van der Waals surface area contributed by atoms with Crippen LogP contribution in [0.1, 0.15) is 35.6 Å². The second kappa shape index (κ2) is 24.6. The molecule has 74 heavy (non-hydrogen) atoms. The first-order valence-electron chi connectivity index (χ1n) is 23.9. The lowest BCUT2D eigenvalue weighted by Gasteiger charge is -2.25. The summed E-state index contributed by atoms with van der Waals surface area (Å²) in [6.07, 6.45) is 18.0. The van der Waals surface area contributed by atoms with E-state index in [1.807, 2.05) is 85.9 Å². The SMILES string of the molecule is CN=C(/C(=C1\C(=N)SC(C2NNC(=S)N2Cc2ccccc2)=C1Br)C1C=CC(C)C=C1)c1ccccc1.CN=C(/C(=C1\C(=N)SC(C2NNC(=S)N2Cc2ccccc2)=C1Br)C1C=CCC=C1)c1cccc(Cl)c1. The normalized spacial score (nSPS) is 23.5. The number of nitrogens with zero attached hydrogens (tertiary/aromatic N) is 4. The monoisotopic (exact) mass is 1200 g/mol. The Bertz CT molecular complexity index is 3160. The third-order valence-corrected chi connectivity index (χ3v) is 18.1. The molecule has 10 nitrogen and oxygen atoms in total. The summed E-state index contributed by atoms with van der Waals surface area (Å²) in [4.78, 5) is 15.7. The second-order valence-electron chi connectivity index (χ2n) is 17.8. The topological polar surface area (TPSA) is 127 Å². The summed E-state index contributed by atoms with van der Waals surface area (Å²) in [5.74, 6) is 0.370. The number of thioether (sulfide) groups is 2. The largest absolute Gasteiger partial charge is 0.322 e. The van der Waals surface area contributed by atoms with Gasteiger partial charge in [0.25, 0.3) is 0 Å². The smallest absolute Gasteiger partial charge is 0.185 e. The Labute approximate surface area is 474 Å². The van der Waals surface area contributed by atoms with E-state index in [0.29, 0.717) is 44.3 Å². The van der Waals surface area contributed by atoms with E-state index in [0.717, 1.165) is 75.6 Å². The maximum Gasteiger partial charge on any atom is 0.185 e. The zero-order valence-corrected chi connectivity index (χ0v) is 47.8. The Balaban J connectivity index is 0.000000182. The molecular weight excluding hydrogens is 1150 g/mol. The van der Waals surface area contributed by atoms with Crippen molar-refractivity contribution in [2.75, 3.05) is 14.1 Å². The number of allylic oxidation sites excluding steroid dienone is 12. The summed E-state index contributed by atoms with van der Waals surface area (Å²) < 4.78 is 1.77. The predicted molar refractivity (Wildman–Crippen MR) is 326 cm³/mol. The third kappa shape index (κ3) is 11.7. The van der Waals surface area contributed by atoms with Gasteiger partial charge in [-0.05, 0) is 109 Å². The van der Waals surface area contributed by atoms with E-state index in [2.05, 4.69) is 155 Å². The molecule has 2 saturated heterocycles. The van der Waals surface area contributed by atoms with Gasteiger partial charge in [-0.1, -0.05) is 194 Å². The number of hydrogen-bond acceptors (Lipinski definition) is 10. The van der Waals surface area contributed by atoms with E-state index in [9.17, 15) is 0 Å². The number of benzene rings is 4. The van der Waals surface area contributed by atoms with Gasteiger partial charge in [-0.3, -0.25) is 31.7 Å². The summed E-state index contributed by atoms with van der Waals surface area (Å²) in [5, 5.41) is 21.1. The molecule has 0 aromatic heterocycles. The van der Waals surface area contributed by atoms with Gasteiger partial charge in [0.05, 0.1) is 11.4 Å². The fraction of sp³-hybridized carbons (Fsp3) is 0.193. The molecular formula is C57H53Br2ClN10S4. The zero-order chi connectivity index (χ0) is 51.9. The first-order valence-corrected chi connectivity index (χ1v) is 28.4. The fourth-order valence-electron chi connectivity index (χ4n) is 9.41. The van der Waals surface area contributed by atoms with Crippen molar-refractivity contribution in [1.82, 2.24) is 31.5 Å². The number of thiocarbonyl (C=S) groups is 2. The first kappa shape index (κ1) is 53.6. The zero-order valence-electron chi connectivity index (χ0n) is 40.7. The summed E-state index contributed by atoms with van der Waals surface area (Å²) in [7, 11) is 3.62. The molecule has 376 valence electrons. The van der Waals surface area contributed by atoms with E-state index in [1.54, 1.807) is 7.05 Å². The average Bonchev–Trinajstić information content (AvgIpc) is 4.14. The predicted octanol–water partition coefficient (Wildman–Crippen LogP) is 13.1. The fourth-order valence-corrected chi connectivity index (χ4v) is 14.1. The number of hydrogen-bond donors (Lipinski definition) is 6. The van der Waals surface area contributed by atoms with Crippen molar-refractivity contribution in [3.63, 3.8) is 0 Å². The molecule has 0 amide bonds. The maximum atomic E-state index is 9.12. The molecule has 17 heteroatoms. The number of aliphatic imine (C=N–C) groups is 2. The Morgan fingerprint density at radius 2 is 1.05 bits per heavy atom. The van der Waals surface area contributed by atoms with E-state index in [-0.39, 0.29) is 24.2 Å². The van der Waals surface area contributed by atoms with Crippen molar-refractivity contribution in [2.24, 2.45) is 27.7 Å². The minimum atomic E-state index is -0.225. The first-order chi connectivity index (χ1) is 35.9. The van der Waals surface area contributed by atoms with Crippen molar-refractivity contribution >= 4 is 123 Å². The lowest BCUT2D eigenvalue weighted by molar-refractivity contribution is 0.352. The average molecular weight is 1200 g/mol. The van der Waals surface area contributed by atoms with Gasteiger partial charge in [0.15, 0.2) is 10.2 Å². The standard InChI is InChI=1S/C29H28BrN5S2.C28H25BrClN5S2/c1-18-13-15-20(16-14-18)22(25(32-2)21-11-7-4-8-12-21)23-24(30)26(37-27(23)31)28-33-34-29(36)35(28)17-19-9-5-3-6-10-19;1-32-24(19-13-8-14-20(30)15-19)21(18-11-6-3-7-12-18)22-23(29)25(37-26(22)31)27-33-34-28(36)35(27)16-17-9-4-2-5-10-17/h3-16,18,20,28,31,33H,17H2,1-2H3,(H,34,36);2,4-15,18,27,31,33H,3,16H2,1H3,(H,34,36)/b23-22-,31-27?,32-25?;22-21-,31-26?,32-24?. The van der Waals surface area contributed by atoms with Crippen LogP contribution in [0, 0.1) is 28.6 Å². The summed E-state index contributed by atoms with van der Waals surface area (Å²) in [5.41, 5.74) is 22.6. The molecule has 2 atom stereocenters. The summed E-state index contributed by atoms with van der Waals surface area (Å²) in [6.45, 7) is 3.48. The van der Waals surface area contributed by atoms with Gasteiger partial charge in [0, 0.05) is 79.5 Å². The highest BCUT2D eigenvalue weighted by Crippen LogP contribution is 2.49. The van der Waals surface area contributed by atoms with E-state index >= 15 is 0 Å². The molecule has 4 aromatic rings. The molecule has 4 aromatic carbocycles. The van der Waals surface area contributed by atoms with Crippen molar-refractivity contribution in [3.8, 4) is 0 Å². The van der Waals surface area contributed by atoms with Crippen LogP contribution in [0.5, 0.6) is 0 Å². The van der Waals surface area contributed by atoms with Gasteiger partial charge in [0.2, 0.25) is 0 Å². The van der Waals surface area contributed by atoms with Gasteiger partial charge in [-0.25, -0.2) is 10.9 Å². The van der Waals surface area contributed by atoms with Crippen molar-refractivity contribution in [2.45, 2.75) is 38.8 Å². The van der Waals surface area contributed by atoms with Gasteiger partial charge < -0.3 is 9.80 Å². The van der Waals surface area contributed by atoms with Crippen molar-refractivity contribution in [1.29, 1.82) is 10.8 Å². The van der Waals surface area contributed by atoms with E-state index in [1.165, 1.54) is 29.1 Å². The maximum absolute atomic E-state index is 9.12. The molecule has 4 heterocycles. The van der Waals surface area contributed by atoms with Crippen LogP contribution in [0.4, 0.5) is 0 Å². The van der Waals surface area contributed by atoms with Crippen LogP contribution >= 0.6 is 91.4 Å². The van der Waals surface area contributed by atoms with E-state index in [4.69, 9.17) is 56.8 Å². The van der Waals surface area contributed by atoms with Gasteiger partial charge >= 0.3 is 0 Å². The van der Waals surface area contributed by atoms with E-state index < -0.39 is 0 Å². The Hall–Kier alpha value is -5.27. The molecule has 2 unspecified atom stereocenters. The lowest BCUT2D eigenvalue weighted by Crippen LogP contribution is -2.37. The minimum Gasteiger partial charge on any atom is -0.322 e. The summed E-state index contributed by atoms with van der Waals surface area (Å²) >= 11 is 28.4. The van der Waals surface area contributed by atoms with Crippen LogP contribution in [0.15, 0.2) is 215 Å². The van der Waals surface area contributed by atoms with Gasteiger partial charge in [-0.2, -0.15) is 0 Å². The van der Waals surface area contributed by atoms with Crippen molar-refractivity contribution in [3.05, 3.63) is 232 Å². The number of halogens is 3. The molecule has 4 aliphatic heterocycles. The van der Waals surface area contributed by atoms with Crippen LogP contribution in [0.2, 0.25) is 5.02 Å². The minimum absolute atomic E-state index is 0.00844. The van der Waals surface area contributed by atoms with Crippen LogP contribution in [-0.2, 0) is 13.1 Å². The molecule has 0 radical (unpaired) electrons. The highest BCUT2D eigenvalue weighted by atomic mass is 79.9. The highest BCUT2D eigenvalue weighted by molar-refractivity contribution is 9.12. The van der Waals surface area contributed by atoms with Crippen LogP contribution < -0.4 is 21.7 Å². The highest BCUT2D eigenvalue weighted by Gasteiger charge is 2.42. The van der Waals surface area contributed by atoms with Crippen LogP contribution in [0.3, 0.4) is 0 Å². The van der Waals surface area contributed by atoms with Gasteiger partial charge in [0.1, 0.15) is 22.4 Å². The number of hydrazine groups is 2. The Morgan fingerprint density at radius 3 is 1.51 bits per heavy atom. The molecule has 2 aliphatic carbocycles. The summed E-state index contributed by atoms with van der Waals surface area (Å²) in [6, 6.07) is 38.5. The number of rotatable bonds is 12.